The van der Waals surface area contributed by atoms with Gasteiger partial charge in [0.2, 0.25) is 0 Å². The number of carbonyl (C=O) groups excluding carboxylic acids is 3. The first kappa shape index (κ1) is 20.2. The molecule has 27 heavy (non-hydrogen) atoms. The van der Waals surface area contributed by atoms with E-state index in [0.29, 0.717) is 5.02 Å². The highest BCUT2D eigenvalue weighted by Crippen LogP contribution is 2.13. The average Bonchev–Trinajstić information content (AvgIpc) is 2.62. The summed E-state index contributed by atoms with van der Waals surface area (Å²) in [7, 11) is 0. The van der Waals surface area contributed by atoms with Crippen molar-refractivity contribution in [1.82, 2.24) is 10.3 Å². The predicted molar refractivity (Wildman–Crippen MR) is 92.1 cm³/mol. The molecule has 1 atom stereocenters. The lowest BCUT2D eigenvalue weighted by Crippen LogP contribution is -2.36. The van der Waals surface area contributed by atoms with E-state index in [2.05, 4.69) is 15.6 Å². The first-order valence-electron chi connectivity index (χ1n) is 7.61. The highest BCUT2D eigenvalue weighted by molar-refractivity contribution is 6.30. The zero-order chi connectivity index (χ0) is 20.0. The van der Waals surface area contributed by atoms with Crippen LogP contribution in [0.3, 0.4) is 0 Å². The quantitative estimate of drug-likeness (QED) is 0.729. The van der Waals surface area contributed by atoms with Crippen LogP contribution >= 0.6 is 11.6 Å². The van der Waals surface area contributed by atoms with Gasteiger partial charge in [-0.05, 0) is 31.2 Å². The molecule has 1 aromatic heterocycles. The molecule has 2 N–H and O–H groups in total. The van der Waals surface area contributed by atoms with Crippen molar-refractivity contribution < 1.29 is 27.9 Å². The number of esters is 1. The summed E-state index contributed by atoms with van der Waals surface area (Å²) >= 11 is 5.74. The number of carbonyl (C=O) groups is 3. The minimum atomic E-state index is -1.23. The topological polar surface area (TPSA) is 97.4 Å². The van der Waals surface area contributed by atoms with E-state index in [4.69, 9.17) is 16.3 Å². The lowest BCUT2D eigenvalue weighted by atomic mass is 10.3. The van der Waals surface area contributed by atoms with Gasteiger partial charge in [-0.2, -0.15) is 0 Å². The lowest BCUT2D eigenvalue weighted by molar-refractivity contribution is -0.152. The first-order valence-corrected chi connectivity index (χ1v) is 7.99. The fraction of sp³-hybridized carbons (Fsp3) is 0.176. The minimum absolute atomic E-state index is 0.00197. The van der Waals surface area contributed by atoms with Crippen molar-refractivity contribution in [1.29, 1.82) is 0 Å². The zero-order valence-corrected chi connectivity index (χ0v) is 14.7. The molecule has 0 bridgehead atoms. The molecule has 1 aromatic carbocycles. The third-order valence-corrected chi connectivity index (χ3v) is 3.45. The summed E-state index contributed by atoms with van der Waals surface area (Å²) in [6.07, 6.45) is 0.104. The Labute approximate surface area is 157 Å². The molecule has 1 heterocycles. The van der Waals surface area contributed by atoms with Gasteiger partial charge in [0.15, 0.2) is 17.7 Å². The maximum atomic E-state index is 13.1. The molecule has 0 unspecified atom stereocenters. The zero-order valence-electron chi connectivity index (χ0n) is 14.0. The number of nitrogens with zero attached hydrogens (tertiary/aromatic N) is 1. The van der Waals surface area contributed by atoms with E-state index >= 15 is 0 Å². The summed E-state index contributed by atoms with van der Waals surface area (Å²) < 4.78 is 30.8. The molecule has 0 aliphatic carbocycles. The molecular formula is C17H14ClF2N3O4. The number of nitrogens with one attached hydrogen (secondary N) is 2. The van der Waals surface area contributed by atoms with Crippen LogP contribution in [-0.2, 0) is 14.3 Å². The molecule has 0 radical (unpaired) electrons. The van der Waals surface area contributed by atoms with Crippen LogP contribution < -0.4 is 10.6 Å². The number of hydrogen-bond donors (Lipinski definition) is 2. The number of hydrogen-bond acceptors (Lipinski definition) is 5. The monoisotopic (exact) mass is 397 g/mol. The summed E-state index contributed by atoms with van der Waals surface area (Å²) in [6, 6.07) is 5.60. The Hall–Kier alpha value is -3.07. The molecule has 10 heteroatoms. The van der Waals surface area contributed by atoms with Gasteiger partial charge in [0.05, 0.1) is 0 Å². The van der Waals surface area contributed by atoms with Gasteiger partial charge in [-0.15, -0.1) is 0 Å². The molecule has 0 fully saturated rings. The molecule has 2 amide bonds. The van der Waals surface area contributed by atoms with Gasteiger partial charge in [-0.25, -0.2) is 8.78 Å². The summed E-state index contributed by atoms with van der Waals surface area (Å²) in [4.78, 5) is 39.3. The molecule has 2 aromatic rings. The molecule has 142 valence electrons. The lowest BCUT2D eigenvalue weighted by Gasteiger charge is -2.14. The molecule has 0 saturated heterocycles. The van der Waals surface area contributed by atoms with Crippen LogP contribution in [-0.4, -0.2) is 35.4 Å². The first-order chi connectivity index (χ1) is 12.8. The molecular weight excluding hydrogens is 384 g/mol. The highest BCUT2D eigenvalue weighted by atomic mass is 35.5. The van der Waals surface area contributed by atoms with Crippen LogP contribution in [0.5, 0.6) is 0 Å². The minimum Gasteiger partial charge on any atom is -0.451 e. The van der Waals surface area contributed by atoms with E-state index < -0.39 is 42.1 Å². The molecule has 0 aliphatic rings. The Morgan fingerprint density at radius 2 is 1.93 bits per heavy atom. The maximum absolute atomic E-state index is 13.1. The Balaban J connectivity index is 1.82. The fourth-order valence-electron chi connectivity index (χ4n) is 1.88. The van der Waals surface area contributed by atoms with Gasteiger partial charge < -0.3 is 15.4 Å². The summed E-state index contributed by atoms with van der Waals surface area (Å²) in [5.74, 6) is -4.46. The standard InChI is InChI=1S/C17H14ClF2N3O4/c1-9(16(25)23-11-2-3-12(19)13(20)7-11)27-15(24)8-22-17(26)14-6-10(18)4-5-21-14/h2-7,9H,8H2,1H3,(H,22,26)(H,23,25)/t9-/m0/s1. The van der Waals surface area contributed by atoms with Crippen molar-refractivity contribution in [2.75, 3.05) is 11.9 Å². The molecule has 0 saturated carbocycles. The third-order valence-electron chi connectivity index (χ3n) is 3.21. The van der Waals surface area contributed by atoms with Crippen molar-refractivity contribution in [3.05, 3.63) is 58.9 Å². The Bertz CT molecular complexity index is 879. The molecule has 7 nitrogen and oxygen atoms in total. The van der Waals surface area contributed by atoms with Crippen LogP contribution in [0.2, 0.25) is 5.02 Å². The van der Waals surface area contributed by atoms with Crippen LogP contribution in [0.4, 0.5) is 14.5 Å². The van der Waals surface area contributed by atoms with E-state index in [1.165, 1.54) is 25.3 Å². The van der Waals surface area contributed by atoms with Crippen LogP contribution in [0.15, 0.2) is 36.5 Å². The highest BCUT2D eigenvalue weighted by Gasteiger charge is 2.19. The second-order valence-electron chi connectivity index (χ2n) is 5.29. The average molecular weight is 398 g/mol. The molecule has 2 rings (SSSR count). The number of rotatable bonds is 6. The van der Waals surface area contributed by atoms with E-state index in [1.54, 1.807) is 0 Å². The Morgan fingerprint density at radius 3 is 2.59 bits per heavy atom. The van der Waals surface area contributed by atoms with E-state index in [0.717, 1.165) is 18.2 Å². The number of pyridine rings is 1. The smallest absolute Gasteiger partial charge is 0.326 e. The number of halogens is 3. The van der Waals surface area contributed by atoms with E-state index in [9.17, 15) is 23.2 Å². The predicted octanol–water partition coefficient (Wildman–Crippen LogP) is 2.31. The van der Waals surface area contributed by atoms with Gasteiger partial charge in [0.1, 0.15) is 12.2 Å². The summed E-state index contributed by atoms with van der Waals surface area (Å²) in [6.45, 7) is 0.781. The number of amides is 2. The van der Waals surface area contributed by atoms with Gasteiger partial charge in [0.25, 0.3) is 11.8 Å². The van der Waals surface area contributed by atoms with Gasteiger partial charge in [-0.3, -0.25) is 19.4 Å². The van der Waals surface area contributed by atoms with Crippen LogP contribution in [0.1, 0.15) is 17.4 Å². The molecule has 0 spiro atoms. The fourth-order valence-corrected chi connectivity index (χ4v) is 2.04. The summed E-state index contributed by atoms with van der Waals surface area (Å²) in [5.41, 5.74) is 0.0153. The van der Waals surface area contributed by atoms with Crippen molar-refractivity contribution >= 4 is 35.1 Å². The Kier molecular flexibility index (Phi) is 6.78. The van der Waals surface area contributed by atoms with Crippen LogP contribution in [0.25, 0.3) is 0 Å². The second-order valence-corrected chi connectivity index (χ2v) is 5.73. The van der Waals surface area contributed by atoms with Crippen LogP contribution in [0, 0.1) is 11.6 Å². The normalized spacial score (nSPS) is 11.4. The van der Waals surface area contributed by atoms with E-state index in [-0.39, 0.29) is 11.4 Å². The number of benzene rings is 1. The van der Waals surface area contributed by atoms with Gasteiger partial charge in [-0.1, -0.05) is 11.6 Å². The van der Waals surface area contributed by atoms with Crippen molar-refractivity contribution in [3.8, 4) is 0 Å². The van der Waals surface area contributed by atoms with Crippen molar-refractivity contribution in [2.45, 2.75) is 13.0 Å². The largest absolute Gasteiger partial charge is 0.451 e. The molecule has 0 aliphatic heterocycles. The van der Waals surface area contributed by atoms with Crippen molar-refractivity contribution in [3.63, 3.8) is 0 Å². The number of aromatic nitrogens is 1. The SMILES string of the molecule is C[C@H](OC(=O)CNC(=O)c1cc(Cl)ccn1)C(=O)Nc1ccc(F)c(F)c1. The Morgan fingerprint density at radius 1 is 1.19 bits per heavy atom. The number of anilines is 1. The van der Waals surface area contributed by atoms with E-state index in [1.807, 2.05) is 0 Å². The van der Waals surface area contributed by atoms with Crippen molar-refractivity contribution in [2.24, 2.45) is 0 Å². The maximum Gasteiger partial charge on any atom is 0.326 e. The van der Waals surface area contributed by atoms with Gasteiger partial charge in [0, 0.05) is 23.0 Å². The van der Waals surface area contributed by atoms with Gasteiger partial charge >= 0.3 is 5.97 Å². The summed E-state index contributed by atoms with van der Waals surface area (Å²) in [5, 5.41) is 4.86. The number of ether oxygens (including phenoxy) is 1. The third kappa shape index (κ3) is 6.00. The second kappa shape index (κ2) is 9.04.